The minimum absolute atomic E-state index is 0.00628. The van der Waals surface area contributed by atoms with Gasteiger partial charge < -0.3 is 10.6 Å². The molecule has 0 saturated heterocycles. The van der Waals surface area contributed by atoms with Gasteiger partial charge in [-0.25, -0.2) is 13.4 Å². The van der Waals surface area contributed by atoms with E-state index < -0.39 is 10.0 Å². The monoisotopic (exact) mass is 426 g/mol. The molecule has 0 saturated carbocycles. The molecular formula is C17H22N4O3S3. The van der Waals surface area contributed by atoms with Crippen LogP contribution < -0.4 is 15.4 Å². The standard InChI is InChI=1S/C17H22N4O3S3/c1-4-13(16-19-7-8-26-16)20-15(22)10-12-6-5-11(2)14(9-12)27(23,24)21-17(25)18-3/h5-9,13H,4,10H2,1-3H3,(H,20,22)(H2,18,21,25). The molecule has 0 aliphatic rings. The highest BCUT2D eigenvalue weighted by Gasteiger charge is 2.20. The second-order valence-corrected chi connectivity index (χ2v) is 8.85. The molecule has 0 radical (unpaired) electrons. The molecule has 1 atom stereocenters. The molecule has 2 rings (SSSR count). The Morgan fingerprint density at radius 1 is 1.37 bits per heavy atom. The van der Waals surface area contributed by atoms with Crippen molar-refractivity contribution in [2.75, 3.05) is 7.05 Å². The lowest BCUT2D eigenvalue weighted by atomic mass is 10.1. The number of aromatic nitrogens is 1. The number of carbonyl (C=O) groups is 1. The van der Waals surface area contributed by atoms with Gasteiger partial charge in [0.2, 0.25) is 5.91 Å². The van der Waals surface area contributed by atoms with Crippen molar-refractivity contribution in [1.29, 1.82) is 0 Å². The summed E-state index contributed by atoms with van der Waals surface area (Å²) in [5.41, 5.74) is 1.17. The Kier molecular flexibility index (Phi) is 7.28. The number of aryl methyl sites for hydroxylation is 1. The van der Waals surface area contributed by atoms with E-state index in [0.717, 1.165) is 11.4 Å². The smallest absolute Gasteiger partial charge is 0.263 e. The zero-order valence-electron chi connectivity index (χ0n) is 15.3. The third-order valence-electron chi connectivity index (χ3n) is 3.85. The van der Waals surface area contributed by atoms with Gasteiger partial charge in [-0.1, -0.05) is 19.1 Å². The van der Waals surface area contributed by atoms with Gasteiger partial charge in [0.15, 0.2) is 5.11 Å². The molecule has 0 bridgehead atoms. The first-order valence-corrected chi connectivity index (χ1v) is 11.1. The number of hydrogen-bond donors (Lipinski definition) is 3. The molecular weight excluding hydrogens is 404 g/mol. The average Bonchev–Trinajstić information content (AvgIpc) is 3.15. The van der Waals surface area contributed by atoms with E-state index in [0.29, 0.717) is 11.1 Å². The van der Waals surface area contributed by atoms with Crippen LogP contribution in [0, 0.1) is 6.92 Å². The van der Waals surface area contributed by atoms with E-state index in [-0.39, 0.29) is 28.4 Å². The lowest BCUT2D eigenvalue weighted by molar-refractivity contribution is -0.121. The van der Waals surface area contributed by atoms with Crippen molar-refractivity contribution in [2.24, 2.45) is 0 Å². The van der Waals surface area contributed by atoms with Crippen LogP contribution in [-0.4, -0.2) is 31.5 Å². The van der Waals surface area contributed by atoms with E-state index >= 15 is 0 Å². The molecule has 27 heavy (non-hydrogen) atoms. The first-order valence-electron chi connectivity index (χ1n) is 8.29. The molecule has 146 valence electrons. The van der Waals surface area contributed by atoms with Crippen molar-refractivity contribution >= 4 is 44.6 Å². The van der Waals surface area contributed by atoms with E-state index in [1.54, 1.807) is 25.3 Å². The van der Waals surface area contributed by atoms with Crippen molar-refractivity contribution in [3.05, 3.63) is 45.9 Å². The molecule has 3 N–H and O–H groups in total. The normalized spacial score (nSPS) is 12.3. The van der Waals surface area contributed by atoms with E-state index in [9.17, 15) is 13.2 Å². The second kappa shape index (κ2) is 9.25. The largest absolute Gasteiger partial charge is 0.365 e. The van der Waals surface area contributed by atoms with Crippen LogP contribution in [0.3, 0.4) is 0 Å². The van der Waals surface area contributed by atoms with Crippen LogP contribution >= 0.6 is 23.6 Å². The van der Waals surface area contributed by atoms with Crippen molar-refractivity contribution in [2.45, 2.75) is 37.6 Å². The quantitative estimate of drug-likeness (QED) is 0.586. The molecule has 0 fully saturated rings. The molecule has 1 aromatic carbocycles. The van der Waals surface area contributed by atoms with Gasteiger partial charge in [0.25, 0.3) is 10.0 Å². The summed E-state index contributed by atoms with van der Waals surface area (Å²) < 4.78 is 27.3. The lowest BCUT2D eigenvalue weighted by Crippen LogP contribution is -2.37. The van der Waals surface area contributed by atoms with Crippen molar-refractivity contribution in [3.63, 3.8) is 0 Å². The minimum Gasteiger partial charge on any atom is -0.365 e. The molecule has 1 unspecified atom stereocenters. The third kappa shape index (κ3) is 5.72. The number of rotatable bonds is 7. The van der Waals surface area contributed by atoms with Gasteiger partial charge in [-0.3, -0.25) is 9.52 Å². The summed E-state index contributed by atoms with van der Waals surface area (Å²) in [6, 6.07) is 4.77. The van der Waals surface area contributed by atoms with Crippen molar-refractivity contribution < 1.29 is 13.2 Å². The summed E-state index contributed by atoms with van der Waals surface area (Å²) >= 11 is 6.37. The fourth-order valence-electron chi connectivity index (χ4n) is 2.45. The number of thiocarbonyl (C=S) groups is 1. The first-order chi connectivity index (χ1) is 12.8. The van der Waals surface area contributed by atoms with Gasteiger partial charge in [-0.15, -0.1) is 11.3 Å². The van der Waals surface area contributed by atoms with Gasteiger partial charge in [0.05, 0.1) is 17.4 Å². The summed E-state index contributed by atoms with van der Waals surface area (Å²) in [6.07, 6.45) is 2.49. The lowest BCUT2D eigenvalue weighted by Gasteiger charge is -2.15. The first kappa shape index (κ1) is 21.3. The molecule has 1 heterocycles. The zero-order valence-corrected chi connectivity index (χ0v) is 17.7. The Balaban J connectivity index is 2.15. The number of carbonyl (C=O) groups excluding carboxylic acids is 1. The number of thiazole rings is 1. The number of nitrogens with zero attached hydrogens (tertiary/aromatic N) is 1. The molecule has 0 aliphatic carbocycles. The number of amides is 1. The van der Waals surface area contributed by atoms with Crippen molar-refractivity contribution in [1.82, 2.24) is 20.3 Å². The third-order valence-corrected chi connectivity index (χ3v) is 6.67. The van der Waals surface area contributed by atoms with Crippen LogP contribution in [-0.2, 0) is 21.2 Å². The van der Waals surface area contributed by atoms with E-state index in [4.69, 9.17) is 12.2 Å². The van der Waals surface area contributed by atoms with Crippen LogP contribution in [0.25, 0.3) is 0 Å². The van der Waals surface area contributed by atoms with E-state index in [2.05, 4.69) is 20.3 Å². The highest BCUT2D eigenvalue weighted by molar-refractivity contribution is 7.91. The molecule has 7 nitrogen and oxygen atoms in total. The average molecular weight is 427 g/mol. The summed E-state index contributed by atoms with van der Waals surface area (Å²) in [5.74, 6) is -0.192. The highest BCUT2D eigenvalue weighted by Crippen LogP contribution is 2.20. The minimum atomic E-state index is -3.82. The molecule has 1 amide bonds. The summed E-state index contributed by atoms with van der Waals surface area (Å²) in [7, 11) is -2.28. The van der Waals surface area contributed by atoms with Gasteiger partial charge in [-0.2, -0.15) is 0 Å². The molecule has 0 aliphatic heterocycles. The Hall–Kier alpha value is -2.04. The fraction of sp³-hybridized carbons (Fsp3) is 0.353. The highest BCUT2D eigenvalue weighted by atomic mass is 32.2. The summed E-state index contributed by atoms with van der Waals surface area (Å²) in [4.78, 5) is 16.8. The van der Waals surface area contributed by atoms with Gasteiger partial charge in [-0.05, 0) is 42.8 Å². The van der Waals surface area contributed by atoms with Crippen LogP contribution in [0.1, 0.15) is 35.5 Å². The maximum Gasteiger partial charge on any atom is 0.263 e. The predicted molar refractivity (Wildman–Crippen MR) is 110 cm³/mol. The van der Waals surface area contributed by atoms with E-state index in [1.165, 1.54) is 24.5 Å². The number of hydrogen-bond acceptors (Lipinski definition) is 6. The maximum absolute atomic E-state index is 12.5. The van der Waals surface area contributed by atoms with Crippen LogP contribution in [0.15, 0.2) is 34.7 Å². The topological polar surface area (TPSA) is 100 Å². The Morgan fingerprint density at radius 2 is 2.11 bits per heavy atom. The van der Waals surface area contributed by atoms with Crippen LogP contribution in [0.4, 0.5) is 0 Å². The Bertz CT molecular complexity index is 912. The zero-order chi connectivity index (χ0) is 20.0. The molecule has 1 aromatic heterocycles. The summed E-state index contributed by atoms with van der Waals surface area (Å²) in [6.45, 7) is 3.66. The number of sulfonamides is 1. The number of benzene rings is 1. The SMILES string of the molecule is CCC(NC(=O)Cc1ccc(C)c(S(=O)(=O)NC(=S)NC)c1)c1nccs1. The van der Waals surface area contributed by atoms with Gasteiger partial charge >= 0.3 is 0 Å². The van der Waals surface area contributed by atoms with Gasteiger partial charge in [0, 0.05) is 18.6 Å². The van der Waals surface area contributed by atoms with E-state index in [1.807, 2.05) is 12.3 Å². The number of nitrogens with one attached hydrogen (secondary N) is 3. The maximum atomic E-state index is 12.5. The Morgan fingerprint density at radius 3 is 2.70 bits per heavy atom. The molecule has 2 aromatic rings. The van der Waals surface area contributed by atoms with Crippen LogP contribution in [0.5, 0.6) is 0 Å². The van der Waals surface area contributed by atoms with Gasteiger partial charge in [0.1, 0.15) is 5.01 Å². The predicted octanol–water partition coefficient (Wildman–Crippen LogP) is 2.04. The van der Waals surface area contributed by atoms with Crippen LogP contribution in [0.2, 0.25) is 0 Å². The molecule has 0 spiro atoms. The Labute approximate surface area is 168 Å². The molecule has 10 heteroatoms. The summed E-state index contributed by atoms with van der Waals surface area (Å²) in [5, 5.41) is 8.24. The second-order valence-electron chi connectivity index (χ2n) is 5.86. The fourth-order valence-corrected chi connectivity index (χ4v) is 4.80. The van der Waals surface area contributed by atoms with Crippen molar-refractivity contribution in [3.8, 4) is 0 Å².